The summed E-state index contributed by atoms with van der Waals surface area (Å²) in [7, 11) is 1.34. The number of amides is 1. The second-order valence-electron chi connectivity index (χ2n) is 20.1. The van der Waals surface area contributed by atoms with Gasteiger partial charge in [-0.15, -0.1) is 0 Å². The molecule has 5 fully saturated rings. The van der Waals surface area contributed by atoms with Gasteiger partial charge in [0.2, 0.25) is 18.0 Å². The van der Waals surface area contributed by atoms with Crippen molar-refractivity contribution in [3.05, 3.63) is 93.1 Å². The van der Waals surface area contributed by atoms with Crippen molar-refractivity contribution in [1.29, 1.82) is 0 Å². The Morgan fingerprint density at radius 1 is 0.929 bits per heavy atom. The Balaban J connectivity index is 0.780. The number of rotatable bonds is 11. The number of aromatic carboxylic acids is 1. The monoisotopic (exact) mass is 971 g/mol. The van der Waals surface area contributed by atoms with Crippen LogP contribution in [-0.2, 0) is 23.8 Å². The van der Waals surface area contributed by atoms with Gasteiger partial charge in [0.25, 0.3) is 0 Å². The molecule has 0 spiro atoms. The third-order valence-corrected chi connectivity index (χ3v) is 16.5. The lowest BCUT2D eigenvalue weighted by molar-refractivity contribution is -0.219. The predicted molar refractivity (Wildman–Crippen MR) is 245 cm³/mol. The molecule has 3 unspecified atom stereocenters. The van der Waals surface area contributed by atoms with E-state index in [0.29, 0.717) is 24.8 Å². The van der Waals surface area contributed by atoms with Crippen molar-refractivity contribution in [1.82, 2.24) is 9.47 Å². The molecule has 372 valence electrons. The molecule has 5 aliphatic carbocycles. The fraction of sp³-hybridized carbons (Fsp3) is 0.510. The van der Waals surface area contributed by atoms with E-state index < -0.39 is 112 Å². The summed E-state index contributed by atoms with van der Waals surface area (Å²) in [5.74, 6) is -6.89. The molecule has 1 amide bonds. The molecule has 4 saturated carbocycles. The molecule has 3 N–H and O–H groups in total. The number of esters is 2. The summed E-state index contributed by atoms with van der Waals surface area (Å²) in [6.45, 7) is 5.50. The highest BCUT2D eigenvalue weighted by Gasteiger charge is 2.75. The predicted octanol–water partition coefficient (Wildman–Crippen LogP) is 5.72. The normalized spacial score (nSPS) is 31.2. The quantitative estimate of drug-likeness (QED) is 0.154. The first-order valence-corrected chi connectivity index (χ1v) is 23.5. The molecule has 3 aromatic rings. The van der Waals surface area contributed by atoms with Gasteiger partial charge in [0, 0.05) is 54.7 Å². The maximum Gasteiger partial charge on any atom is 0.413 e. The number of allylic oxidation sites excluding steroid dienone is 4. The van der Waals surface area contributed by atoms with Crippen molar-refractivity contribution in [2.45, 2.75) is 95.7 Å². The summed E-state index contributed by atoms with van der Waals surface area (Å²) in [6.07, 6.45) is 5.47. The Morgan fingerprint density at radius 3 is 2.23 bits per heavy atom. The summed E-state index contributed by atoms with van der Waals surface area (Å²) in [6, 6.07) is 5.47. The average molecular weight is 972 g/mol. The highest BCUT2D eigenvalue weighted by molar-refractivity contribution is 6.01. The van der Waals surface area contributed by atoms with Crippen molar-refractivity contribution in [3.8, 4) is 5.75 Å². The van der Waals surface area contributed by atoms with E-state index in [4.69, 9.17) is 18.9 Å². The van der Waals surface area contributed by atoms with Crippen LogP contribution in [0.5, 0.6) is 5.75 Å². The largest absolute Gasteiger partial charge is 0.492 e. The Labute approximate surface area is 400 Å². The van der Waals surface area contributed by atoms with Crippen LogP contribution in [-0.4, -0.2) is 124 Å². The van der Waals surface area contributed by atoms with Crippen molar-refractivity contribution < 1.29 is 71.8 Å². The number of aliphatic hydroxyl groups excluding tert-OH is 1. The summed E-state index contributed by atoms with van der Waals surface area (Å²) in [4.78, 5) is 93.4. The molecule has 1 aromatic heterocycles. The number of benzene rings is 2. The van der Waals surface area contributed by atoms with E-state index >= 15 is 8.78 Å². The Kier molecular flexibility index (Phi) is 12.1. The summed E-state index contributed by atoms with van der Waals surface area (Å²) >= 11 is 0. The number of Topliss-reactive ketones (excluding diaryl/α,β-unsaturated/α-hetero) is 1. The molecular formula is C51H55F2N3O14. The summed E-state index contributed by atoms with van der Waals surface area (Å²) in [5.41, 5.74) is -7.10. The fourth-order valence-corrected chi connectivity index (χ4v) is 12.7. The van der Waals surface area contributed by atoms with Gasteiger partial charge in [-0.2, -0.15) is 0 Å². The van der Waals surface area contributed by atoms with Crippen molar-refractivity contribution >= 4 is 52.2 Å². The molecule has 2 heterocycles. The maximum absolute atomic E-state index is 17.5. The van der Waals surface area contributed by atoms with Crippen LogP contribution in [0, 0.1) is 34.4 Å². The van der Waals surface area contributed by atoms with E-state index in [0.717, 1.165) is 18.9 Å². The van der Waals surface area contributed by atoms with Crippen LogP contribution in [0.4, 0.5) is 19.3 Å². The number of nitrogens with zero attached hydrogens (tertiary/aromatic N) is 3. The van der Waals surface area contributed by atoms with Crippen LogP contribution >= 0.6 is 0 Å². The summed E-state index contributed by atoms with van der Waals surface area (Å²) in [5, 5.41) is 33.4. The van der Waals surface area contributed by atoms with Gasteiger partial charge in [0.1, 0.15) is 16.9 Å². The lowest BCUT2D eigenvalue weighted by Gasteiger charge is -2.62. The standard InChI is InChI=1S/C51H55F2N3O14/c1-26-18-36-35-13-10-30-19-32(57)14-15-48(30,3)50(35,53)38(58)21-49(36,4)51(26,66)39(59)24-68-45(63)28-6-8-29(9-7-28)46(64)69-25-70-47(65)55-17-16-54(22-27(55)2)41-37(52)20-33-40(43(41)67-5)56(31-11-12-31)23-34(42(33)60)44(61)62/h6-9,14-15,19-20,23,26-27,31,35-36,38,58,66H,10-13,16-18,21-22,24-25H2,1-5H3,(H,61,62)/t26-,27?,35?,36?,38+,48+,49+,50+,51+/m1/s1. The fourth-order valence-electron chi connectivity index (χ4n) is 12.7. The molecule has 1 saturated heterocycles. The number of carboxylic acids is 1. The van der Waals surface area contributed by atoms with Crippen LogP contribution in [0.3, 0.4) is 0 Å². The molecular weight excluding hydrogens is 917 g/mol. The van der Waals surface area contributed by atoms with Crippen LogP contribution in [0.15, 0.2) is 65.1 Å². The average Bonchev–Trinajstić information content (AvgIpc) is 4.15. The van der Waals surface area contributed by atoms with E-state index in [1.54, 1.807) is 37.2 Å². The number of halogens is 2. The minimum Gasteiger partial charge on any atom is -0.492 e. The number of piperazine rings is 1. The lowest BCUT2D eigenvalue weighted by Crippen LogP contribution is -2.69. The number of carbonyl (C=O) groups excluding carboxylic acids is 5. The number of pyridine rings is 1. The van der Waals surface area contributed by atoms with Crippen LogP contribution in [0.25, 0.3) is 10.9 Å². The van der Waals surface area contributed by atoms with Gasteiger partial charge >= 0.3 is 24.0 Å². The minimum atomic E-state index is -2.15. The van der Waals surface area contributed by atoms with E-state index in [1.807, 2.05) is 0 Å². The lowest BCUT2D eigenvalue weighted by atomic mass is 9.44. The SMILES string of the molecule is COc1c(N2CCN(C(=O)OCOC(=O)c3ccc(C(=O)OCC(=O)[C@@]4(O)[C@H](C)CC5C6CCC7=CC(=O)C=C[C@]7(C)[C@@]6(F)[C@@H](O)C[C@@]54C)cc3)C(C)C2)c(F)cc2c(=O)c(C(=O)O)cn(C3CC3)c12. The third-order valence-electron chi connectivity index (χ3n) is 16.5. The van der Waals surface area contributed by atoms with Crippen molar-refractivity contribution in [2.75, 3.05) is 45.0 Å². The minimum absolute atomic E-state index is 0.00865. The smallest absolute Gasteiger partial charge is 0.413 e. The molecule has 1 aliphatic heterocycles. The molecule has 9 atom stereocenters. The number of anilines is 1. The number of ether oxygens (including phenoxy) is 4. The number of fused-ring (bicyclic) bond motifs is 6. The van der Waals surface area contributed by atoms with E-state index in [1.165, 1.54) is 60.7 Å². The number of ketones is 2. The van der Waals surface area contributed by atoms with Gasteiger partial charge in [0.15, 0.2) is 29.6 Å². The van der Waals surface area contributed by atoms with Gasteiger partial charge < -0.3 is 48.6 Å². The van der Waals surface area contributed by atoms with E-state index in [9.17, 15) is 48.9 Å². The molecule has 17 nitrogen and oxygen atoms in total. The number of carboxylic acid groups (broad SMARTS) is 1. The Hall–Kier alpha value is -6.47. The molecule has 70 heavy (non-hydrogen) atoms. The molecule has 9 rings (SSSR count). The number of hydrogen-bond donors (Lipinski definition) is 3. The number of methoxy groups -OCH3 is 1. The van der Waals surface area contributed by atoms with Crippen molar-refractivity contribution in [3.63, 3.8) is 0 Å². The second kappa shape index (κ2) is 17.4. The van der Waals surface area contributed by atoms with Gasteiger partial charge in [-0.1, -0.05) is 25.5 Å². The Morgan fingerprint density at radius 2 is 1.60 bits per heavy atom. The molecule has 0 radical (unpaired) electrons. The molecule has 2 aromatic carbocycles. The first-order chi connectivity index (χ1) is 33.1. The zero-order valence-electron chi connectivity index (χ0n) is 39.4. The first-order valence-electron chi connectivity index (χ1n) is 23.5. The number of carbonyl (C=O) groups is 6. The second-order valence-corrected chi connectivity index (χ2v) is 20.1. The van der Waals surface area contributed by atoms with E-state index in [2.05, 4.69) is 0 Å². The molecule has 0 bridgehead atoms. The zero-order chi connectivity index (χ0) is 50.4. The highest BCUT2D eigenvalue weighted by atomic mass is 19.1. The highest BCUT2D eigenvalue weighted by Crippen LogP contribution is 2.70. The number of aliphatic hydroxyl groups is 2. The van der Waals surface area contributed by atoms with Crippen molar-refractivity contribution in [2.24, 2.45) is 28.6 Å². The topological polar surface area (TPSA) is 229 Å². The van der Waals surface area contributed by atoms with Crippen LogP contribution in [0.2, 0.25) is 0 Å². The van der Waals surface area contributed by atoms with Gasteiger partial charge in [-0.3, -0.25) is 14.4 Å². The van der Waals surface area contributed by atoms with Gasteiger partial charge in [-0.25, -0.2) is 28.0 Å². The molecule has 19 heteroatoms. The van der Waals surface area contributed by atoms with Gasteiger partial charge in [0.05, 0.1) is 35.2 Å². The van der Waals surface area contributed by atoms with Crippen LogP contribution in [0.1, 0.15) is 103 Å². The number of hydrogen-bond acceptors (Lipinski definition) is 14. The van der Waals surface area contributed by atoms with Gasteiger partial charge in [-0.05, 0) is 107 Å². The summed E-state index contributed by atoms with van der Waals surface area (Å²) < 4.78 is 56.6. The first kappa shape index (κ1) is 48.5. The number of aromatic nitrogens is 1. The molecule has 6 aliphatic rings. The number of alkyl halides is 1. The Bertz CT molecular complexity index is 2860. The maximum atomic E-state index is 17.5. The third kappa shape index (κ3) is 7.40. The van der Waals surface area contributed by atoms with E-state index in [-0.39, 0.29) is 71.3 Å². The van der Waals surface area contributed by atoms with Crippen LogP contribution < -0.4 is 15.1 Å². The zero-order valence-corrected chi connectivity index (χ0v) is 39.4.